The number of hydrogen-bond donors (Lipinski definition) is 2. The summed E-state index contributed by atoms with van der Waals surface area (Å²) in [5, 5.41) is 27.3. The van der Waals surface area contributed by atoms with Gasteiger partial charge in [0.1, 0.15) is 34.6 Å². The lowest BCUT2D eigenvalue weighted by Crippen LogP contribution is -2.06. The van der Waals surface area contributed by atoms with Gasteiger partial charge in [-0.05, 0) is 141 Å². The lowest BCUT2D eigenvalue weighted by Gasteiger charge is -2.19. The number of ether oxygens (including phenoxy) is 2. The second-order valence-electron chi connectivity index (χ2n) is 16.7. The first-order chi connectivity index (χ1) is 30.6. The molecule has 6 nitrogen and oxygen atoms in total. The van der Waals surface area contributed by atoms with Crippen LogP contribution in [0.5, 0.6) is 23.0 Å². The van der Waals surface area contributed by atoms with E-state index in [1.54, 1.807) is 12.1 Å². The molecule has 0 amide bonds. The van der Waals surface area contributed by atoms with Crippen LogP contribution in [0.1, 0.15) is 42.1 Å². The lowest BCUT2D eigenvalue weighted by atomic mass is 9.93. The highest BCUT2D eigenvalue weighted by molar-refractivity contribution is 6.09. The molecule has 314 valence electrons. The van der Waals surface area contributed by atoms with Crippen molar-refractivity contribution in [2.24, 2.45) is 5.92 Å². The molecule has 9 aromatic rings. The fourth-order valence-corrected chi connectivity index (χ4v) is 9.32. The Morgan fingerprint density at radius 2 is 1.02 bits per heavy atom. The van der Waals surface area contributed by atoms with Crippen LogP contribution in [0.15, 0.2) is 140 Å². The van der Waals surface area contributed by atoms with Gasteiger partial charge in [-0.3, -0.25) is 0 Å². The SMILES string of the molecule is Cc1cc(-c2cc(F)ccc2OCCCCOc2ccc(F)cc2-c2cc(C)cc(-n3c4ccccc4c4ccccc43)c2O)c(O)c(-n2c3c(c4ccccc42)CC(C)C=C3)c1. The largest absolute Gasteiger partial charge is 0.505 e. The zero-order chi connectivity index (χ0) is 43.4. The highest BCUT2D eigenvalue weighted by atomic mass is 19.1. The predicted molar refractivity (Wildman–Crippen MR) is 250 cm³/mol. The van der Waals surface area contributed by atoms with E-state index in [-0.39, 0.29) is 11.5 Å². The normalized spacial score (nSPS) is 13.6. The van der Waals surface area contributed by atoms with Gasteiger partial charge in [0, 0.05) is 44.1 Å². The van der Waals surface area contributed by atoms with Gasteiger partial charge in [-0.25, -0.2) is 8.78 Å². The smallest absolute Gasteiger partial charge is 0.147 e. The van der Waals surface area contributed by atoms with Crippen LogP contribution >= 0.6 is 0 Å². The standard InChI is InChI=1S/C55H46F2N2O4/c1-33-18-21-49-41(26-33)40-14-6-9-17-48(40)59(49)51-30-35(3)28-45(55(51)61)43-32-37(57)20-23-53(43)63-25-11-10-24-62-52-22-19-36(56)31-42(52)44-27-34(2)29-50(54(44)60)58-46-15-7-4-12-38(46)39-13-5-8-16-47(39)58/h4-9,12-23,27-33,60-61H,10-11,24-26H2,1-3H3. The molecule has 8 heteroatoms. The van der Waals surface area contributed by atoms with Crippen LogP contribution < -0.4 is 9.47 Å². The molecule has 1 aliphatic carbocycles. The number of benzene rings is 7. The second-order valence-corrected chi connectivity index (χ2v) is 16.7. The van der Waals surface area contributed by atoms with Crippen molar-refractivity contribution in [1.29, 1.82) is 0 Å². The molecule has 0 saturated heterocycles. The molecular formula is C55H46F2N2O4. The van der Waals surface area contributed by atoms with E-state index in [1.165, 1.54) is 29.8 Å². The van der Waals surface area contributed by atoms with E-state index in [4.69, 9.17) is 9.47 Å². The molecule has 63 heavy (non-hydrogen) atoms. The Morgan fingerprint density at radius 1 is 0.556 bits per heavy atom. The number of allylic oxidation sites excluding steroid dienone is 1. The van der Waals surface area contributed by atoms with Crippen molar-refractivity contribution >= 4 is 38.8 Å². The van der Waals surface area contributed by atoms with Gasteiger partial charge >= 0.3 is 0 Å². The topological polar surface area (TPSA) is 68.8 Å². The third kappa shape index (κ3) is 7.15. The monoisotopic (exact) mass is 836 g/mol. The molecule has 1 atom stereocenters. The first kappa shape index (κ1) is 39.8. The molecule has 2 heterocycles. The number of unbranched alkanes of at least 4 members (excludes halogenated alkanes) is 1. The molecule has 0 fully saturated rings. The molecule has 1 aliphatic rings. The summed E-state index contributed by atoms with van der Waals surface area (Å²) in [6.07, 6.45) is 6.43. The van der Waals surface area contributed by atoms with Crippen molar-refractivity contribution in [3.05, 3.63) is 174 Å². The Bertz CT molecular complexity index is 3220. The number of hydrogen-bond acceptors (Lipinski definition) is 4. The van der Waals surface area contributed by atoms with Crippen LogP contribution in [0.3, 0.4) is 0 Å². The van der Waals surface area contributed by atoms with Crippen molar-refractivity contribution in [2.45, 2.75) is 40.0 Å². The van der Waals surface area contributed by atoms with Gasteiger partial charge in [-0.2, -0.15) is 0 Å². The van der Waals surface area contributed by atoms with E-state index in [2.05, 4.69) is 52.5 Å². The van der Waals surface area contributed by atoms with Crippen molar-refractivity contribution in [3.63, 3.8) is 0 Å². The molecule has 7 aromatic carbocycles. The lowest BCUT2D eigenvalue weighted by molar-refractivity contribution is 0.267. The summed E-state index contributed by atoms with van der Waals surface area (Å²) >= 11 is 0. The quantitative estimate of drug-likeness (QED) is 0.127. The molecule has 0 bridgehead atoms. The van der Waals surface area contributed by atoms with Crippen molar-refractivity contribution < 1.29 is 28.5 Å². The van der Waals surface area contributed by atoms with Gasteiger partial charge in [0.15, 0.2) is 0 Å². The minimum absolute atomic E-state index is 0.0189. The van der Waals surface area contributed by atoms with Crippen LogP contribution in [-0.2, 0) is 6.42 Å². The summed E-state index contributed by atoms with van der Waals surface area (Å²) < 4.78 is 46.7. The zero-order valence-electron chi connectivity index (χ0n) is 35.3. The zero-order valence-corrected chi connectivity index (χ0v) is 35.3. The van der Waals surface area contributed by atoms with Crippen LogP contribution in [0.25, 0.3) is 72.4 Å². The van der Waals surface area contributed by atoms with E-state index >= 15 is 0 Å². The second kappa shape index (κ2) is 16.2. The fraction of sp³-hybridized carbons (Fsp3) is 0.164. The van der Waals surface area contributed by atoms with Gasteiger partial charge in [-0.1, -0.05) is 67.6 Å². The highest BCUT2D eigenvalue weighted by Crippen LogP contribution is 2.46. The third-order valence-electron chi connectivity index (χ3n) is 12.2. The van der Waals surface area contributed by atoms with Gasteiger partial charge < -0.3 is 28.8 Å². The Kier molecular flexibility index (Phi) is 10.2. The molecule has 2 aromatic heterocycles. The minimum atomic E-state index is -0.445. The summed E-state index contributed by atoms with van der Waals surface area (Å²) in [7, 11) is 0. The molecule has 1 unspecified atom stereocenters. The van der Waals surface area contributed by atoms with Gasteiger partial charge in [0.2, 0.25) is 0 Å². The van der Waals surface area contributed by atoms with Crippen LogP contribution in [0.4, 0.5) is 8.78 Å². The average molecular weight is 837 g/mol. The van der Waals surface area contributed by atoms with Crippen molar-refractivity contribution in [2.75, 3.05) is 13.2 Å². The van der Waals surface area contributed by atoms with E-state index in [0.29, 0.717) is 77.1 Å². The summed E-state index contributed by atoms with van der Waals surface area (Å²) in [5.74, 6) is 0.470. The number of halogens is 2. The molecule has 0 saturated carbocycles. The number of aromatic hydroxyl groups is 2. The number of phenols is 2. The first-order valence-electron chi connectivity index (χ1n) is 21.5. The molecule has 0 radical (unpaired) electrons. The third-order valence-corrected chi connectivity index (χ3v) is 12.2. The van der Waals surface area contributed by atoms with Gasteiger partial charge in [0.05, 0.1) is 41.1 Å². The summed E-state index contributed by atoms with van der Waals surface area (Å²) in [6.45, 7) is 6.74. The van der Waals surface area contributed by atoms with Crippen LogP contribution in [0.2, 0.25) is 0 Å². The minimum Gasteiger partial charge on any atom is -0.505 e. The molecule has 0 spiro atoms. The Labute approximate surface area is 364 Å². The maximum atomic E-state index is 15.0. The van der Waals surface area contributed by atoms with E-state index in [0.717, 1.165) is 56.0 Å². The Morgan fingerprint density at radius 3 is 1.54 bits per heavy atom. The number of aryl methyl sites for hydroxylation is 2. The summed E-state index contributed by atoms with van der Waals surface area (Å²) in [6, 6.07) is 40.8. The molecule has 2 N–H and O–H groups in total. The van der Waals surface area contributed by atoms with Gasteiger partial charge in [-0.15, -0.1) is 0 Å². The summed E-state index contributed by atoms with van der Waals surface area (Å²) in [4.78, 5) is 0. The predicted octanol–water partition coefficient (Wildman–Crippen LogP) is 13.8. The molecule has 10 rings (SSSR count). The molecule has 0 aliphatic heterocycles. The highest BCUT2D eigenvalue weighted by Gasteiger charge is 2.25. The van der Waals surface area contributed by atoms with E-state index in [1.807, 2.05) is 86.6 Å². The number of para-hydroxylation sites is 3. The summed E-state index contributed by atoms with van der Waals surface area (Å²) in [5.41, 5.74) is 10.0. The van der Waals surface area contributed by atoms with Crippen molar-refractivity contribution in [3.8, 4) is 56.6 Å². The van der Waals surface area contributed by atoms with Gasteiger partial charge in [0.25, 0.3) is 0 Å². The first-order valence-corrected chi connectivity index (χ1v) is 21.5. The van der Waals surface area contributed by atoms with Crippen LogP contribution in [-0.4, -0.2) is 32.6 Å². The number of aromatic nitrogens is 2. The van der Waals surface area contributed by atoms with E-state index < -0.39 is 11.6 Å². The molecular weight excluding hydrogens is 791 g/mol. The van der Waals surface area contributed by atoms with Crippen molar-refractivity contribution in [1.82, 2.24) is 9.13 Å². The maximum absolute atomic E-state index is 15.0. The fourth-order valence-electron chi connectivity index (χ4n) is 9.32. The Hall–Kier alpha value is -7.32. The number of phenolic OH excluding ortho intramolecular Hbond substituents is 2. The number of fused-ring (bicyclic) bond motifs is 6. The van der Waals surface area contributed by atoms with E-state index in [9.17, 15) is 19.0 Å². The van der Waals surface area contributed by atoms with Crippen LogP contribution in [0, 0.1) is 31.4 Å². The maximum Gasteiger partial charge on any atom is 0.147 e. The number of nitrogens with zero attached hydrogens (tertiary/aromatic N) is 2. The number of rotatable bonds is 11. The Balaban J connectivity index is 0.883. The average Bonchev–Trinajstić information content (AvgIpc) is 3.79.